The lowest BCUT2D eigenvalue weighted by molar-refractivity contribution is -0.117. The van der Waals surface area contributed by atoms with Gasteiger partial charge < -0.3 is 10.1 Å². The van der Waals surface area contributed by atoms with Crippen LogP contribution in [0.15, 0.2) is 60.9 Å². The van der Waals surface area contributed by atoms with Crippen LogP contribution < -0.4 is 10.1 Å². The monoisotopic (exact) mass is 456 g/mol. The fraction of sp³-hybridized carbons (Fsp3) is 0.400. The van der Waals surface area contributed by atoms with Gasteiger partial charge in [0.2, 0.25) is 5.91 Å². The molecule has 0 fully saturated rings. The predicted octanol–water partition coefficient (Wildman–Crippen LogP) is 7.55. The van der Waals surface area contributed by atoms with Gasteiger partial charge in [0, 0.05) is 35.6 Å². The highest BCUT2D eigenvalue weighted by atomic mass is 16.5. The maximum Gasteiger partial charge on any atom is 0.224 e. The molecule has 2 aromatic carbocycles. The van der Waals surface area contributed by atoms with Gasteiger partial charge in [0.15, 0.2) is 0 Å². The molecule has 3 aromatic rings. The average Bonchev–Trinajstić information content (AvgIpc) is 3.02. The number of fused-ring (bicyclic) bond motifs is 1. The quantitative estimate of drug-likeness (QED) is 0.431. The number of carbonyl (C=O) groups excluding carboxylic acids is 1. The summed E-state index contributed by atoms with van der Waals surface area (Å²) in [7, 11) is 0. The third-order valence-corrected chi connectivity index (χ3v) is 6.39. The lowest BCUT2D eigenvalue weighted by Gasteiger charge is -2.27. The van der Waals surface area contributed by atoms with Gasteiger partial charge in [-0.1, -0.05) is 58.9 Å². The molecule has 0 bridgehead atoms. The van der Waals surface area contributed by atoms with Crippen LogP contribution in [0.2, 0.25) is 0 Å². The van der Waals surface area contributed by atoms with Crippen molar-refractivity contribution >= 4 is 11.6 Å². The van der Waals surface area contributed by atoms with Gasteiger partial charge in [-0.05, 0) is 66.1 Å². The summed E-state index contributed by atoms with van der Waals surface area (Å²) in [6.07, 6.45) is 4.03. The Kier molecular flexibility index (Phi) is 6.28. The van der Waals surface area contributed by atoms with Crippen LogP contribution >= 0.6 is 0 Å². The minimum Gasteiger partial charge on any atom is -0.486 e. The van der Waals surface area contributed by atoms with E-state index in [0.717, 1.165) is 28.1 Å². The normalized spacial score (nSPS) is 16.8. The first-order chi connectivity index (χ1) is 15.9. The zero-order valence-electron chi connectivity index (χ0n) is 21.4. The lowest BCUT2D eigenvalue weighted by atomic mass is 9.80. The van der Waals surface area contributed by atoms with Gasteiger partial charge in [-0.25, -0.2) is 0 Å². The molecule has 0 spiro atoms. The van der Waals surface area contributed by atoms with Crippen molar-refractivity contribution in [3.63, 3.8) is 0 Å². The predicted molar refractivity (Wildman–Crippen MR) is 139 cm³/mol. The summed E-state index contributed by atoms with van der Waals surface area (Å²) in [6.45, 7) is 14.9. The number of nitrogens with zero attached hydrogens (tertiary/aromatic N) is 1. The molecule has 1 aliphatic heterocycles. The molecule has 34 heavy (non-hydrogen) atoms. The average molecular weight is 457 g/mol. The molecular weight excluding hydrogens is 420 g/mol. The van der Waals surface area contributed by atoms with Gasteiger partial charge in [0.05, 0.1) is 5.92 Å². The summed E-state index contributed by atoms with van der Waals surface area (Å²) in [5, 5.41) is 3.15. The van der Waals surface area contributed by atoms with E-state index in [0.29, 0.717) is 12.3 Å². The van der Waals surface area contributed by atoms with Crippen molar-refractivity contribution in [1.82, 2.24) is 4.98 Å². The van der Waals surface area contributed by atoms with Crippen molar-refractivity contribution in [3.8, 4) is 16.9 Å². The molecule has 1 atom stereocenters. The number of carbonyl (C=O) groups is 1. The minimum absolute atomic E-state index is 0.0177. The third kappa shape index (κ3) is 5.01. The number of aromatic nitrogens is 1. The zero-order chi connectivity index (χ0) is 24.7. The van der Waals surface area contributed by atoms with E-state index in [-0.39, 0.29) is 17.2 Å². The number of nitrogens with one attached hydrogen (secondary N) is 1. The van der Waals surface area contributed by atoms with Crippen molar-refractivity contribution in [2.24, 2.45) is 5.41 Å². The molecular formula is C30H36N2O2. The number of benzene rings is 2. The first-order valence-corrected chi connectivity index (χ1v) is 12.1. The largest absolute Gasteiger partial charge is 0.486 e. The van der Waals surface area contributed by atoms with E-state index < -0.39 is 5.60 Å². The van der Waals surface area contributed by atoms with E-state index in [1.54, 1.807) is 12.4 Å². The summed E-state index contributed by atoms with van der Waals surface area (Å²) in [6, 6.07) is 17.0. The van der Waals surface area contributed by atoms with Gasteiger partial charge >= 0.3 is 0 Å². The molecule has 2 heterocycles. The number of hydrogen-bond donors (Lipinski definition) is 1. The summed E-state index contributed by atoms with van der Waals surface area (Å²) in [5.41, 5.74) is 5.91. The molecule has 4 rings (SSSR count). The number of pyridine rings is 1. The Morgan fingerprint density at radius 3 is 2.29 bits per heavy atom. The fourth-order valence-corrected chi connectivity index (χ4v) is 4.84. The molecule has 1 aromatic heterocycles. The Balaban J connectivity index is 1.83. The third-order valence-electron chi connectivity index (χ3n) is 6.39. The molecule has 178 valence electrons. The maximum atomic E-state index is 12.8. The van der Waals surface area contributed by atoms with E-state index in [2.05, 4.69) is 89.1 Å². The van der Waals surface area contributed by atoms with Gasteiger partial charge in [0.25, 0.3) is 0 Å². The second-order valence-corrected chi connectivity index (χ2v) is 11.4. The number of anilines is 1. The first kappa shape index (κ1) is 24.0. The highest BCUT2D eigenvalue weighted by Crippen LogP contribution is 2.53. The highest BCUT2D eigenvalue weighted by Gasteiger charge is 2.43. The lowest BCUT2D eigenvalue weighted by Crippen LogP contribution is -2.31. The summed E-state index contributed by atoms with van der Waals surface area (Å²) in [4.78, 5) is 17.0. The van der Waals surface area contributed by atoms with Crippen molar-refractivity contribution in [3.05, 3.63) is 77.6 Å². The first-order valence-electron chi connectivity index (χ1n) is 12.1. The Morgan fingerprint density at radius 2 is 1.71 bits per heavy atom. The molecule has 4 heteroatoms. The van der Waals surface area contributed by atoms with Crippen LogP contribution in [0.5, 0.6) is 5.75 Å². The molecule has 4 nitrogen and oxygen atoms in total. The van der Waals surface area contributed by atoms with Crippen LogP contribution in [0.3, 0.4) is 0 Å². The zero-order valence-corrected chi connectivity index (χ0v) is 21.4. The molecule has 1 N–H and O–H groups in total. The minimum atomic E-state index is -0.433. The van der Waals surface area contributed by atoms with Crippen molar-refractivity contribution in [2.75, 3.05) is 5.32 Å². The molecule has 0 radical (unpaired) electrons. The Bertz CT molecular complexity index is 1170. The highest BCUT2D eigenvalue weighted by molar-refractivity contribution is 5.93. The fourth-order valence-electron chi connectivity index (χ4n) is 4.84. The number of hydrogen-bond acceptors (Lipinski definition) is 3. The van der Waals surface area contributed by atoms with Crippen molar-refractivity contribution < 1.29 is 9.53 Å². The van der Waals surface area contributed by atoms with Crippen LogP contribution in [0, 0.1) is 5.41 Å². The maximum absolute atomic E-state index is 12.8. The second kappa shape index (κ2) is 8.90. The van der Waals surface area contributed by atoms with E-state index in [4.69, 9.17) is 4.74 Å². The summed E-state index contributed by atoms with van der Waals surface area (Å²) in [5.74, 6) is 1.42. The topological polar surface area (TPSA) is 51.2 Å². The van der Waals surface area contributed by atoms with Gasteiger partial charge in [-0.3, -0.25) is 9.78 Å². The number of rotatable bonds is 5. The standard InChI is InChI=1S/C30H36N2O2/c1-19(2)20-8-10-22(11-9-20)27-25-17-23(32-26(33)18-29(3,4)5)16-24(21-12-14-31-15-13-21)28(25)34-30(27,6)7/h8-17,19,27H,18H2,1-7H3,(H,32,33). The van der Waals surface area contributed by atoms with Crippen LogP contribution in [-0.2, 0) is 4.79 Å². The van der Waals surface area contributed by atoms with E-state index >= 15 is 0 Å². The van der Waals surface area contributed by atoms with Crippen molar-refractivity contribution in [2.45, 2.75) is 72.3 Å². The second-order valence-electron chi connectivity index (χ2n) is 11.4. The Morgan fingerprint density at radius 1 is 1.06 bits per heavy atom. The van der Waals surface area contributed by atoms with Gasteiger partial charge in [0.1, 0.15) is 11.4 Å². The molecule has 1 unspecified atom stereocenters. The van der Waals surface area contributed by atoms with E-state index in [1.165, 1.54) is 11.1 Å². The molecule has 1 amide bonds. The summed E-state index contributed by atoms with van der Waals surface area (Å²) >= 11 is 0. The van der Waals surface area contributed by atoms with Crippen LogP contribution in [0.1, 0.15) is 83.4 Å². The molecule has 0 saturated heterocycles. The Labute approximate surface area is 203 Å². The molecule has 0 saturated carbocycles. The molecule has 1 aliphatic rings. The summed E-state index contributed by atoms with van der Waals surface area (Å²) < 4.78 is 6.63. The van der Waals surface area contributed by atoms with Crippen LogP contribution in [-0.4, -0.2) is 16.5 Å². The van der Waals surface area contributed by atoms with Gasteiger partial charge in [-0.2, -0.15) is 0 Å². The Hall–Kier alpha value is -3.14. The van der Waals surface area contributed by atoms with Gasteiger partial charge in [-0.15, -0.1) is 0 Å². The van der Waals surface area contributed by atoms with Crippen molar-refractivity contribution in [1.29, 1.82) is 0 Å². The van der Waals surface area contributed by atoms with Crippen LogP contribution in [0.25, 0.3) is 11.1 Å². The van der Waals surface area contributed by atoms with E-state index in [1.807, 2.05) is 18.2 Å². The van der Waals surface area contributed by atoms with Crippen LogP contribution in [0.4, 0.5) is 5.69 Å². The molecule has 0 aliphatic carbocycles. The number of amides is 1. The van der Waals surface area contributed by atoms with E-state index in [9.17, 15) is 4.79 Å². The SMILES string of the molecule is CC(C)c1ccc(C2c3cc(NC(=O)CC(C)(C)C)cc(-c4ccncc4)c3OC2(C)C)cc1. The number of ether oxygens (including phenoxy) is 1. The smallest absolute Gasteiger partial charge is 0.224 e.